The van der Waals surface area contributed by atoms with Crippen molar-refractivity contribution >= 4 is 11.9 Å². The molecule has 1 saturated carbocycles. The standard InChI is InChI=1S/C15H27NO4/c1-15(11-20-2,10-14(18)19)16-13(17)9-12-7-5-3-4-6-8-12/h12H,3-11H2,1-2H3,(H,16,17)(H,18,19). The van der Waals surface area contributed by atoms with E-state index in [2.05, 4.69) is 5.32 Å². The number of carbonyl (C=O) groups excluding carboxylic acids is 1. The van der Waals surface area contributed by atoms with Crippen molar-refractivity contribution in [3.8, 4) is 0 Å². The van der Waals surface area contributed by atoms with Gasteiger partial charge in [0, 0.05) is 13.5 Å². The zero-order chi connectivity index (χ0) is 15.0. The lowest BCUT2D eigenvalue weighted by atomic mass is 9.94. The van der Waals surface area contributed by atoms with Gasteiger partial charge in [0.2, 0.25) is 5.91 Å². The second-order valence-electron chi connectivity index (χ2n) is 6.17. The SMILES string of the molecule is COCC(C)(CC(=O)O)NC(=O)CC1CCCCCC1. The summed E-state index contributed by atoms with van der Waals surface area (Å²) >= 11 is 0. The first-order chi connectivity index (χ1) is 9.45. The molecule has 0 spiro atoms. The Morgan fingerprint density at radius 3 is 2.35 bits per heavy atom. The Balaban J connectivity index is 2.49. The molecular weight excluding hydrogens is 258 g/mol. The first kappa shape index (κ1) is 17.0. The van der Waals surface area contributed by atoms with Gasteiger partial charge in [-0.2, -0.15) is 0 Å². The summed E-state index contributed by atoms with van der Waals surface area (Å²) in [7, 11) is 1.51. The molecule has 0 heterocycles. The van der Waals surface area contributed by atoms with Crippen LogP contribution in [0.4, 0.5) is 0 Å². The molecule has 5 nitrogen and oxygen atoms in total. The number of carboxylic acids is 1. The van der Waals surface area contributed by atoms with Crippen LogP contribution in [0.2, 0.25) is 0 Å². The van der Waals surface area contributed by atoms with Gasteiger partial charge in [0.15, 0.2) is 0 Å². The Hall–Kier alpha value is -1.10. The van der Waals surface area contributed by atoms with Gasteiger partial charge >= 0.3 is 5.97 Å². The van der Waals surface area contributed by atoms with Gasteiger partial charge in [-0.25, -0.2) is 0 Å². The first-order valence-electron chi connectivity index (χ1n) is 7.47. The minimum atomic E-state index is -0.931. The number of hydrogen-bond acceptors (Lipinski definition) is 3. The van der Waals surface area contributed by atoms with Crippen LogP contribution in [0, 0.1) is 5.92 Å². The van der Waals surface area contributed by atoms with E-state index in [1.165, 1.54) is 32.8 Å². The van der Waals surface area contributed by atoms with Gasteiger partial charge in [-0.05, 0) is 25.7 Å². The number of carbonyl (C=O) groups is 2. The Labute approximate surface area is 121 Å². The van der Waals surface area contributed by atoms with E-state index in [4.69, 9.17) is 9.84 Å². The summed E-state index contributed by atoms with van der Waals surface area (Å²) in [5.41, 5.74) is -0.831. The van der Waals surface area contributed by atoms with Crippen molar-refractivity contribution in [3.63, 3.8) is 0 Å². The third-order valence-corrected chi connectivity index (χ3v) is 3.89. The molecule has 1 fully saturated rings. The largest absolute Gasteiger partial charge is 0.481 e. The van der Waals surface area contributed by atoms with Crippen LogP contribution in [0.3, 0.4) is 0 Å². The van der Waals surface area contributed by atoms with Crippen molar-refractivity contribution in [3.05, 3.63) is 0 Å². The molecule has 1 aliphatic rings. The van der Waals surface area contributed by atoms with Crippen molar-refractivity contribution in [2.45, 2.75) is 63.8 Å². The maximum Gasteiger partial charge on any atom is 0.305 e. The Bertz CT molecular complexity index is 324. The number of ether oxygens (including phenoxy) is 1. The van der Waals surface area contributed by atoms with Crippen LogP contribution in [-0.4, -0.2) is 36.2 Å². The highest BCUT2D eigenvalue weighted by atomic mass is 16.5. The molecule has 5 heteroatoms. The lowest BCUT2D eigenvalue weighted by Gasteiger charge is -2.29. The molecule has 1 amide bonds. The lowest BCUT2D eigenvalue weighted by Crippen LogP contribution is -2.51. The van der Waals surface area contributed by atoms with Crippen LogP contribution < -0.4 is 5.32 Å². The molecule has 0 aromatic heterocycles. The number of hydrogen-bond donors (Lipinski definition) is 2. The summed E-state index contributed by atoms with van der Waals surface area (Å²) in [6.07, 6.45) is 7.50. The average Bonchev–Trinajstić information content (AvgIpc) is 2.55. The Kier molecular flexibility index (Phi) is 6.99. The molecule has 0 aliphatic heterocycles. The van der Waals surface area contributed by atoms with E-state index in [0.717, 1.165) is 12.8 Å². The summed E-state index contributed by atoms with van der Waals surface area (Å²) in [4.78, 5) is 23.0. The fraction of sp³-hybridized carbons (Fsp3) is 0.867. The number of carboxylic acid groups (broad SMARTS) is 1. The summed E-state index contributed by atoms with van der Waals surface area (Å²) in [6, 6.07) is 0. The van der Waals surface area contributed by atoms with E-state index in [9.17, 15) is 9.59 Å². The van der Waals surface area contributed by atoms with Gasteiger partial charge < -0.3 is 15.2 Å². The number of methoxy groups -OCH3 is 1. The number of rotatable bonds is 7. The maximum atomic E-state index is 12.1. The summed E-state index contributed by atoms with van der Waals surface area (Å²) in [5.74, 6) is -0.550. The molecule has 0 radical (unpaired) electrons. The molecule has 0 aromatic rings. The quantitative estimate of drug-likeness (QED) is 0.704. The molecule has 1 atom stereocenters. The normalized spacial score (nSPS) is 19.9. The predicted octanol–water partition coefficient (Wildman–Crippen LogP) is 2.34. The summed E-state index contributed by atoms with van der Waals surface area (Å²) in [6.45, 7) is 1.92. The molecule has 2 N–H and O–H groups in total. The van der Waals surface area contributed by atoms with Gasteiger partial charge in [-0.3, -0.25) is 9.59 Å². The first-order valence-corrected chi connectivity index (χ1v) is 7.47. The van der Waals surface area contributed by atoms with Crippen molar-refractivity contribution in [2.75, 3.05) is 13.7 Å². The van der Waals surface area contributed by atoms with Crippen molar-refractivity contribution < 1.29 is 19.4 Å². The Morgan fingerprint density at radius 1 is 1.25 bits per heavy atom. The van der Waals surface area contributed by atoms with Gasteiger partial charge in [-0.1, -0.05) is 25.7 Å². The molecule has 1 rings (SSSR count). The van der Waals surface area contributed by atoms with E-state index < -0.39 is 11.5 Å². The average molecular weight is 285 g/mol. The highest BCUT2D eigenvalue weighted by Gasteiger charge is 2.30. The van der Waals surface area contributed by atoms with E-state index >= 15 is 0 Å². The van der Waals surface area contributed by atoms with Crippen molar-refractivity contribution in [2.24, 2.45) is 5.92 Å². The van der Waals surface area contributed by atoms with Gasteiger partial charge in [-0.15, -0.1) is 0 Å². The van der Waals surface area contributed by atoms with E-state index in [1.54, 1.807) is 6.92 Å². The maximum absolute atomic E-state index is 12.1. The minimum Gasteiger partial charge on any atom is -0.481 e. The lowest BCUT2D eigenvalue weighted by molar-refractivity contribution is -0.139. The molecule has 0 saturated heterocycles. The smallest absolute Gasteiger partial charge is 0.305 e. The van der Waals surface area contributed by atoms with Crippen LogP contribution in [-0.2, 0) is 14.3 Å². The number of amides is 1. The summed E-state index contributed by atoms with van der Waals surface area (Å²) in [5, 5.41) is 11.8. The zero-order valence-electron chi connectivity index (χ0n) is 12.6. The monoisotopic (exact) mass is 285 g/mol. The Morgan fingerprint density at radius 2 is 1.85 bits per heavy atom. The van der Waals surface area contributed by atoms with Crippen molar-refractivity contribution in [1.29, 1.82) is 0 Å². The number of aliphatic carboxylic acids is 1. The van der Waals surface area contributed by atoms with Gasteiger partial charge in [0.25, 0.3) is 0 Å². The van der Waals surface area contributed by atoms with Crippen LogP contribution in [0.1, 0.15) is 58.3 Å². The second-order valence-corrected chi connectivity index (χ2v) is 6.17. The molecule has 1 aliphatic carbocycles. The topological polar surface area (TPSA) is 75.6 Å². The minimum absolute atomic E-state index is 0.0577. The zero-order valence-corrected chi connectivity index (χ0v) is 12.6. The fourth-order valence-corrected chi connectivity index (χ4v) is 3.00. The van der Waals surface area contributed by atoms with Crippen molar-refractivity contribution in [1.82, 2.24) is 5.32 Å². The van der Waals surface area contributed by atoms with E-state index in [0.29, 0.717) is 12.3 Å². The van der Waals surface area contributed by atoms with Gasteiger partial charge in [0.05, 0.1) is 18.6 Å². The van der Waals surface area contributed by atoms with Crippen LogP contribution in [0.25, 0.3) is 0 Å². The summed E-state index contributed by atoms with van der Waals surface area (Å²) < 4.78 is 5.04. The van der Waals surface area contributed by atoms with Crippen LogP contribution in [0.15, 0.2) is 0 Å². The molecule has 1 unspecified atom stereocenters. The van der Waals surface area contributed by atoms with Crippen LogP contribution >= 0.6 is 0 Å². The third kappa shape index (κ3) is 6.37. The fourth-order valence-electron chi connectivity index (χ4n) is 3.00. The van der Waals surface area contributed by atoms with Crippen LogP contribution in [0.5, 0.6) is 0 Å². The number of nitrogens with one attached hydrogen (secondary N) is 1. The van der Waals surface area contributed by atoms with Gasteiger partial charge in [0.1, 0.15) is 0 Å². The third-order valence-electron chi connectivity index (χ3n) is 3.89. The molecular formula is C15H27NO4. The van der Waals surface area contributed by atoms with E-state index in [1.807, 2.05) is 0 Å². The highest BCUT2D eigenvalue weighted by Crippen LogP contribution is 2.25. The molecule has 0 bridgehead atoms. The highest BCUT2D eigenvalue weighted by molar-refractivity contribution is 5.78. The molecule has 116 valence electrons. The molecule has 20 heavy (non-hydrogen) atoms. The predicted molar refractivity (Wildman–Crippen MR) is 76.5 cm³/mol. The second kappa shape index (κ2) is 8.25. The molecule has 0 aromatic carbocycles. The van der Waals surface area contributed by atoms with E-state index in [-0.39, 0.29) is 18.9 Å².